The Hall–Kier alpha value is 0.708. The standard InChI is InChI=1S/C14H38O4Si4/c1-11(15-19(3)4)13(17-21(7)8)14(18-22(9)10)12(2)16-20(5)6/h11-14,19-22H,1-10H3. The van der Waals surface area contributed by atoms with E-state index in [2.05, 4.69) is 66.2 Å². The third-order valence-electron chi connectivity index (χ3n) is 3.08. The van der Waals surface area contributed by atoms with Crippen LogP contribution in [0.25, 0.3) is 0 Å². The highest BCUT2D eigenvalue weighted by molar-refractivity contribution is 6.49. The fraction of sp³-hybridized carbons (Fsp3) is 1.00. The molecule has 0 N–H and O–H groups in total. The molecule has 0 heterocycles. The molecule has 0 aromatic heterocycles. The normalized spacial score (nSPS) is 18.3. The molecule has 8 heteroatoms. The minimum atomic E-state index is -1.18. The van der Waals surface area contributed by atoms with Gasteiger partial charge in [-0.3, -0.25) is 0 Å². The monoisotopic (exact) mass is 382 g/mol. The van der Waals surface area contributed by atoms with Crippen molar-refractivity contribution in [2.75, 3.05) is 0 Å². The van der Waals surface area contributed by atoms with Crippen molar-refractivity contribution in [2.24, 2.45) is 0 Å². The molecule has 134 valence electrons. The largest absolute Gasteiger partial charge is 0.415 e. The molecule has 4 unspecified atom stereocenters. The molecule has 0 aromatic carbocycles. The van der Waals surface area contributed by atoms with E-state index in [1.54, 1.807) is 0 Å². The second kappa shape index (κ2) is 11.3. The zero-order valence-corrected chi connectivity index (χ0v) is 20.9. The van der Waals surface area contributed by atoms with E-state index in [1.807, 2.05) is 0 Å². The van der Waals surface area contributed by atoms with E-state index in [4.69, 9.17) is 17.7 Å². The van der Waals surface area contributed by atoms with Gasteiger partial charge in [0.25, 0.3) is 0 Å². The van der Waals surface area contributed by atoms with Crippen molar-refractivity contribution in [1.29, 1.82) is 0 Å². The molecule has 0 spiro atoms. The van der Waals surface area contributed by atoms with Gasteiger partial charge in [0.05, 0.1) is 24.4 Å². The molecule has 0 aliphatic carbocycles. The topological polar surface area (TPSA) is 36.9 Å². The first-order valence-electron chi connectivity index (χ1n) is 8.66. The summed E-state index contributed by atoms with van der Waals surface area (Å²) < 4.78 is 25.0. The lowest BCUT2D eigenvalue weighted by Gasteiger charge is -2.39. The summed E-state index contributed by atoms with van der Waals surface area (Å²) in [7, 11) is -4.58. The molecular formula is C14H38O4Si4. The number of hydrogen-bond donors (Lipinski definition) is 0. The third-order valence-corrected chi connectivity index (χ3v) is 6.75. The van der Waals surface area contributed by atoms with Gasteiger partial charge in [-0.05, 0) is 66.2 Å². The van der Waals surface area contributed by atoms with Crippen LogP contribution in [0.5, 0.6) is 0 Å². The molecule has 0 saturated carbocycles. The molecule has 0 radical (unpaired) electrons. The molecule has 4 nitrogen and oxygen atoms in total. The van der Waals surface area contributed by atoms with Crippen LogP contribution < -0.4 is 0 Å². The fourth-order valence-electron chi connectivity index (χ4n) is 2.55. The Bertz CT molecular complexity index is 262. The van der Waals surface area contributed by atoms with E-state index in [1.165, 1.54) is 0 Å². The van der Waals surface area contributed by atoms with Crippen molar-refractivity contribution < 1.29 is 17.7 Å². The Balaban J connectivity index is 5.22. The SMILES string of the molecule is CC(O[SiH](C)C)C(O[SiH](C)C)C(O[SiH](C)C)C(C)O[SiH](C)C. The molecule has 0 saturated heterocycles. The highest BCUT2D eigenvalue weighted by Crippen LogP contribution is 2.20. The van der Waals surface area contributed by atoms with Crippen molar-refractivity contribution >= 4 is 36.2 Å². The predicted octanol–water partition coefficient (Wildman–Crippen LogP) is 2.50. The Morgan fingerprint density at radius 1 is 0.455 bits per heavy atom. The molecule has 0 fully saturated rings. The third kappa shape index (κ3) is 9.76. The maximum absolute atomic E-state index is 6.35. The summed E-state index contributed by atoms with van der Waals surface area (Å²) in [4.78, 5) is 0. The summed E-state index contributed by atoms with van der Waals surface area (Å²) in [6.45, 7) is 21.9. The van der Waals surface area contributed by atoms with Crippen LogP contribution in [0.2, 0.25) is 52.4 Å². The van der Waals surface area contributed by atoms with E-state index < -0.39 is 36.2 Å². The zero-order valence-electron chi connectivity index (χ0n) is 16.3. The first-order chi connectivity index (χ1) is 10.0. The minimum Gasteiger partial charge on any atom is -0.415 e. The summed E-state index contributed by atoms with van der Waals surface area (Å²) in [5.74, 6) is 0. The molecule has 0 amide bonds. The van der Waals surface area contributed by atoms with Crippen molar-refractivity contribution in [3.05, 3.63) is 0 Å². The first kappa shape index (κ1) is 22.7. The molecular weight excluding hydrogens is 344 g/mol. The van der Waals surface area contributed by atoms with E-state index in [9.17, 15) is 0 Å². The molecule has 4 atom stereocenters. The fourth-order valence-corrected chi connectivity index (χ4v) is 6.59. The first-order valence-corrected chi connectivity index (χ1v) is 19.8. The van der Waals surface area contributed by atoms with Gasteiger partial charge < -0.3 is 17.7 Å². The Morgan fingerprint density at radius 2 is 0.682 bits per heavy atom. The molecule has 0 aromatic rings. The summed E-state index contributed by atoms with van der Waals surface area (Å²) in [6.07, 6.45) is 0.108. The maximum Gasteiger partial charge on any atom is 0.171 e. The van der Waals surface area contributed by atoms with Gasteiger partial charge >= 0.3 is 0 Å². The average Bonchev–Trinajstić information content (AvgIpc) is 2.30. The zero-order chi connectivity index (χ0) is 17.4. The van der Waals surface area contributed by atoms with Gasteiger partial charge in [0.15, 0.2) is 36.2 Å². The van der Waals surface area contributed by atoms with E-state index in [0.29, 0.717) is 0 Å². The van der Waals surface area contributed by atoms with Crippen LogP contribution in [-0.2, 0) is 17.7 Å². The van der Waals surface area contributed by atoms with Crippen molar-refractivity contribution in [2.45, 2.75) is 90.6 Å². The Labute approximate surface area is 144 Å². The van der Waals surface area contributed by atoms with Gasteiger partial charge in [-0.1, -0.05) is 0 Å². The smallest absolute Gasteiger partial charge is 0.171 e. The van der Waals surface area contributed by atoms with Crippen LogP contribution in [-0.4, -0.2) is 60.6 Å². The van der Waals surface area contributed by atoms with E-state index >= 15 is 0 Å². The predicted molar refractivity (Wildman–Crippen MR) is 106 cm³/mol. The highest BCUT2D eigenvalue weighted by Gasteiger charge is 2.35. The quantitative estimate of drug-likeness (QED) is 0.515. The number of hydrogen-bond acceptors (Lipinski definition) is 4. The lowest BCUT2D eigenvalue weighted by Crippen LogP contribution is -2.52. The maximum atomic E-state index is 6.35. The van der Waals surface area contributed by atoms with Crippen LogP contribution in [0.3, 0.4) is 0 Å². The van der Waals surface area contributed by atoms with E-state index in [-0.39, 0.29) is 24.4 Å². The number of rotatable bonds is 11. The Morgan fingerprint density at radius 3 is 0.864 bits per heavy atom. The average molecular weight is 383 g/mol. The van der Waals surface area contributed by atoms with Crippen molar-refractivity contribution in [3.63, 3.8) is 0 Å². The van der Waals surface area contributed by atoms with Gasteiger partial charge in [0, 0.05) is 0 Å². The molecule has 22 heavy (non-hydrogen) atoms. The summed E-state index contributed by atoms with van der Waals surface area (Å²) in [6, 6.07) is 0. The van der Waals surface area contributed by atoms with Crippen LogP contribution >= 0.6 is 0 Å². The van der Waals surface area contributed by atoms with Gasteiger partial charge in [-0.15, -0.1) is 0 Å². The van der Waals surface area contributed by atoms with Crippen LogP contribution in [0.1, 0.15) is 13.8 Å². The molecule has 0 bridgehead atoms. The second-order valence-electron chi connectivity index (χ2n) is 7.08. The van der Waals surface area contributed by atoms with Gasteiger partial charge in [-0.2, -0.15) is 0 Å². The summed E-state index contributed by atoms with van der Waals surface area (Å²) in [5, 5.41) is 0. The Kier molecular flexibility index (Phi) is 11.7. The lowest BCUT2D eigenvalue weighted by molar-refractivity contribution is -0.0607. The van der Waals surface area contributed by atoms with E-state index in [0.717, 1.165) is 0 Å². The van der Waals surface area contributed by atoms with Crippen molar-refractivity contribution in [1.82, 2.24) is 0 Å². The summed E-state index contributed by atoms with van der Waals surface area (Å²) in [5.41, 5.74) is 0. The van der Waals surface area contributed by atoms with Crippen LogP contribution in [0.15, 0.2) is 0 Å². The van der Waals surface area contributed by atoms with Gasteiger partial charge in [0.2, 0.25) is 0 Å². The lowest BCUT2D eigenvalue weighted by atomic mass is 10.1. The summed E-state index contributed by atoms with van der Waals surface area (Å²) >= 11 is 0. The van der Waals surface area contributed by atoms with Gasteiger partial charge in [-0.25, -0.2) is 0 Å². The molecule has 0 aliphatic heterocycles. The second-order valence-corrected chi connectivity index (χ2v) is 16.6. The van der Waals surface area contributed by atoms with Crippen LogP contribution in [0, 0.1) is 0 Å². The minimum absolute atomic E-state index is 0.0146. The molecule has 0 rings (SSSR count). The molecule has 0 aliphatic rings. The van der Waals surface area contributed by atoms with Gasteiger partial charge in [0.1, 0.15) is 0 Å². The van der Waals surface area contributed by atoms with Crippen LogP contribution in [0.4, 0.5) is 0 Å². The highest BCUT2D eigenvalue weighted by atomic mass is 28.3. The van der Waals surface area contributed by atoms with Crippen molar-refractivity contribution in [3.8, 4) is 0 Å².